The first-order valence-electron chi connectivity index (χ1n) is 26.9. The summed E-state index contributed by atoms with van der Waals surface area (Å²) in [5.74, 6) is -2.29. The Morgan fingerprint density at radius 3 is 1.38 bits per heavy atom. The topological polar surface area (TPSA) is 227 Å². The van der Waals surface area contributed by atoms with Crippen LogP contribution in [0.4, 0.5) is 0 Å². The number of nitrogens with one attached hydrogen (secondary N) is 7. The van der Waals surface area contributed by atoms with Gasteiger partial charge in [0.1, 0.15) is 30.0 Å². The summed E-state index contributed by atoms with van der Waals surface area (Å²) in [4.78, 5) is 112. The summed E-state index contributed by atoms with van der Waals surface area (Å²) >= 11 is 0. The van der Waals surface area contributed by atoms with Crippen LogP contribution in [0.25, 0.3) is 0 Å². The van der Waals surface area contributed by atoms with Gasteiger partial charge < -0.3 is 47.0 Å². The molecule has 410 valence electrons. The first-order chi connectivity index (χ1) is 34.9. The van der Waals surface area contributed by atoms with E-state index in [0.29, 0.717) is 25.7 Å². The molecule has 7 amide bonds. The van der Waals surface area contributed by atoms with Crippen molar-refractivity contribution in [2.24, 2.45) is 16.7 Å². The molecule has 17 nitrogen and oxygen atoms in total. The van der Waals surface area contributed by atoms with E-state index in [2.05, 4.69) is 37.2 Å². The number of hydrogen-bond donors (Lipinski definition) is 7. The maximum absolute atomic E-state index is 14.4. The molecule has 2 fully saturated rings. The monoisotopic (exact) mass is 1030 g/mol. The van der Waals surface area contributed by atoms with Gasteiger partial charge in [0.05, 0.1) is 24.2 Å². The van der Waals surface area contributed by atoms with Gasteiger partial charge in [-0.25, -0.2) is 0 Å². The number of amides is 7. The number of ketones is 1. The normalized spacial score (nSPS) is 20.3. The molecule has 2 saturated heterocycles. The minimum absolute atomic E-state index is 0.0842. The predicted octanol–water partition coefficient (Wildman–Crippen LogP) is 5.40. The molecule has 74 heavy (non-hydrogen) atoms. The number of carbonyl (C=O) groups excluding carboxylic acids is 8. The fourth-order valence-corrected chi connectivity index (χ4v) is 9.73. The zero-order valence-electron chi connectivity index (χ0n) is 46.4. The molecule has 4 rings (SSSR count). The SMILES string of the molecule is CN[C@@H](C)C(=O)N[C@H](C(=O)N1C[C@@H](CC(=O)CCCCCCCCC(=O)N[C@H]2C[C@@H](C(=O)N[C@H](C)c3ccccc3)N(C(=O)[C@@H](NC(=O)[C@H](C)NC)C(C)(C)C)C2)C[C@H]1C(=O)N[C@H](C)c1ccccc1)C(C)(C)C. The molecule has 2 aromatic rings. The number of hydrogen-bond acceptors (Lipinski definition) is 10. The lowest BCUT2D eigenvalue weighted by atomic mass is 9.85. The molecule has 0 unspecified atom stereocenters. The van der Waals surface area contributed by atoms with E-state index >= 15 is 0 Å². The molecular weight excluding hydrogens is 939 g/mol. The van der Waals surface area contributed by atoms with Crippen molar-refractivity contribution in [2.45, 2.75) is 194 Å². The maximum atomic E-state index is 14.4. The zero-order chi connectivity index (χ0) is 54.9. The van der Waals surface area contributed by atoms with Crippen molar-refractivity contribution in [3.05, 3.63) is 71.8 Å². The molecule has 0 bridgehead atoms. The van der Waals surface area contributed by atoms with Gasteiger partial charge in [0.2, 0.25) is 41.4 Å². The summed E-state index contributed by atoms with van der Waals surface area (Å²) in [5, 5.41) is 20.9. The van der Waals surface area contributed by atoms with E-state index in [0.717, 1.165) is 36.8 Å². The number of likely N-dealkylation sites (N-methyl/N-ethyl adjacent to an activating group) is 2. The van der Waals surface area contributed by atoms with Crippen molar-refractivity contribution in [2.75, 3.05) is 27.2 Å². The van der Waals surface area contributed by atoms with Crippen LogP contribution >= 0.6 is 0 Å². The minimum atomic E-state index is -0.917. The number of likely N-dealkylation sites (tertiary alicyclic amines) is 2. The van der Waals surface area contributed by atoms with Gasteiger partial charge in [0.15, 0.2) is 0 Å². The number of nitrogens with zero attached hydrogens (tertiary/aromatic N) is 2. The predicted molar refractivity (Wildman–Crippen MR) is 288 cm³/mol. The van der Waals surface area contributed by atoms with E-state index in [9.17, 15) is 38.4 Å². The molecule has 0 aromatic heterocycles. The molecule has 2 aromatic carbocycles. The summed E-state index contributed by atoms with van der Waals surface area (Å²) in [6, 6.07) is 13.5. The summed E-state index contributed by atoms with van der Waals surface area (Å²) in [5.41, 5.74) is 0.517. The number of unbranched alkanes of at least 4 members (excludes halogenated alkanes) is 5. The lowest BCUT2D eigenvalue weighted by molar-refractivity contribution is -0.144. The zero-order valence-corrected chi connectivity index (χ0v) is 46.4. The van der Waals surface area contributed by atoms with Gasteiger partial charge in [-0.1, -0.05) is 128 Å². The van der Waals surface area contributed by atoms with E-state index in [1.54, 1.807) is 32.8 Å². The van der Waals surface area contributed by atoms with Crippen molar-refractivity contribution in [3.8, 4) is 0 Å². The highest BCUT2D eigenvalue weighted by atomic mass is 16.2. The van der Waals surface area contributed by atoms with E-state index < -0.39 is 53.1 Å². The van der Waals surface area contributed by atoms with Crippen LogP contribution in [0.2, 0.25) is 0 Å². The quantitative estimate of drug-likeness (QED) is 0.0594. The molecule has 10 atom stereocenters. The van der Waals surface area contributed by atoms with E-state index in [1.165, 1.54) is 4.90 Å². The Balaban J connectivity index is 1.27. The second-order valence-electron chi connectivity index (χ2n) is 22.9. The van der Waals surface area contributed by atoms with Gasteiger partial charge in [0.25, 0.3) is 0 Å². The molecule has 7 N–H and O–H groups in total. The average Bonchev–Trinajstić information content (AvgIpc) is 3.99. The molecule has 0 spiro atoms. The van der Waals surface area contributed by atoms with Gasteiger partial charge in [-0.05, 0) is 95.3 Å². The van der Waals surface area contributed by atoms with Crippen LogP contribution < -0.4 is 37.2 Å². The van der Waals surface area contributed by atoms with Crippen LogP contribution in [0, 0.1) is 16.7 Å². The van der Waals surface area contributed by atoms with Crippen molar-refractivity contribution < 1.29 is 38.4 Å². The number of rotatable bonds is 26. The van der Waals surface area contributed by atoms with Gasteiger partial charge in [-0.3, -0.25) is 38.4 Å². The molecule has 2 aliphatic heterocycles. The molecular formula is C57H89N9O8. The smallest absolute Gasteiger partial charge is 0.246 e. The number of carbonyl (C=O) groups is 8. The highest BCUT2D eigenvalue weighted by Gasteiger charge is 2.47. The van der Waals surface area contributed by atoms with Crippen LogP contribution in [0.1, 0.15) is 163 Å². The second-order valence-corrected chi connectivity index (χ2v) is 22.9. The van der Waals surface area contributed by atoms with Gasteiger partial charge in [-0.15, -0.1) is 0 Å². The number of benzene rings is 2. The lowest BCUT2D eigenvalue weighted by Gasteiger charge is -2.36. The maximum Gasteiger partial charge on any atom is 0.246 e. The van der Waals surface area contributed by atoms with Crippen molar-refractivity contribution in [1.29, 1.82) is 0 Å². The molecule has 2 aliphatic rings. The van der Waals surface area contributed by atoms with Crippen molar-refractivity contribution in [3.63, 3.8) is 0 Å². The average molecular weight is 1030 g/mol. The standard InChI is InChI=1S/C57H89N9O8/c1-36(41-25-19-17-20-26-41)60-52(71)45-32-40(34-65(45)54(73)48(56(5,6)7)63-50(69)38(3)58-11)31-44(67)29-23-15-13-14-16-24-30-47(68)62-43-33-46(53(72)61-37(2)42-27-21-18-22-28-42)66(35-43)55(74)49(57(8,9)10)64-51(70)39(4)59-12/h17-22,25-28,36-40,43,45-46,48-49,58-59H,13-16,23-24,29-35H2,1-12H3,(H,60,71)(H,61,72)(H,62,68)(H,63,69)(H,64,70)/t36-,37-,38+,39+,40+,43+,45+,46+,48-,49-/m1/s1. The van der Waals surface area contributed by atoms with Crippen LogP contribution in [-0.2, 0) is 38.4 Å². The van der Waals surface area contributed by atoms with Gasteiger partial charge >= 0.3 is 0 Å². The Morgan fingerprint density at radius 2 is 0.946 bits per heavy atom. The Labute approximate surface area is 441 Å². The highest BCUT2D eigenvalue weighted by Crippen LogP contribution is 2.32. The van der Waals surface area contributed by atoms with Gasteiger partial charge in [0, 0.05) is 38.4 Å². The first-order valence-corrected chi connectivity index (χ1v) is 26.9. The second kappa shape index (κ2) is 28.3. The van der Waals surface area contributed by atoms with Crippen molar-refractivity contribution in [1.82, 2.24) is 47.0 Å². The molecule has 2 heterocycles. The van der Waals surface area contributed by atoms with Crippen molar-refractivity contribution >= 4 is 47.1 Å². The van der Waals surface area contributed by atoms with Gasteiger partial charge in [-0.2, -0.15) is 0 Å². The third-order valence-corrected chi connectivity index (χ3v) is 14.6. The molecule has 17 heteroatoms. The van der Waals surface area contributed by atoms with Crippen LogP contribution in [0.5, 0.6) is 0 Å². The highest BCUT2D eigenvalue weighted by molar-refractivity contribution is 5.95. The Bertz CT molecular complexity index is 2040. The summed E-state index contributed by atoms with van der Waals surface area (Å²) in [7, 11) is 3.34. The van der Waals surface area contributed by atoms with Crippen LogP contribution in [-0.4, -0.2) is 126 Å². The largest absolute Gasteiger partial charge is 0.351 e. The van der Waals surface area contributed by atoms with E-state index in [-0.39, 0.29) is 97.5 Å². The van der Waals surface area contributed by atoms with E-state index in [4.69, 9.17) is 0 Å². The summed E-state index contributed by atoms with van der Waals surface area (Å²) in [6.07, 6.45) is 6.30. The third-order valence-electron chi connectivity index (χ3n) is 14.6. The minimum Gasteiger partial charge on any atom is -0.351 e. The fraction of sp³-hybridized carbons (Fsp3) is 0.649. The molecule has 0 aliphatic carbocycles. The summed E-state index contributed by atoms with van der Waals surface area (Å²) < 4.78 is 0. The fourth-order valence-electron chi connectivity index (χ4n) is 9.73. The van der Waals surface area contributed by atoms with Crippen LogP contribution in [0.15, 0.2) is 60.7 Å². The lowest BCUT2D eigenvalue weighted by Crippen LogP contribution is -2.59. The summed E-state index contributed by atoms with van der Waals surface area (Å²) in [6.45, 7) is 18.8. The Kier molecular flexibility index (Phi) is 23.3. The van der Waals surface area contributed by atoms with E-state index in [1.807, 2.05) is 116 Å². The van der Waals surface area contributed by atoms with Crippen LogP contribution in [0.3, 0.4) is 0 Å². The number of Topliss-reactive ketones (excluding diaryl/α,β-unsaturated/α-hetero) is 1. The molecule has 0 radical (unpaired) electrons. The Morgan fingerprint density at radius 1 is 0.541 bits per heavy atom. The Hall–Kier alpha value is -5.68. The molecule has 0 saturated carbocycles. The first kappa shape index (κ1) is 60.9. The third kappa shape index (κ3) is 18.0.